The van der Waals surface area contributed by atoms with Gasteiger partial charge in [0.2, 0.25) is 5.91 Å². The minimum Gasteiger partial charge on any atom is -0.341 e. The molecule has 1 heterocycles. The second-order valence-electron chi connectivity index (χ2n) is 5.99. The molecule has 1 aromatic heterocycles. The fourth-order valence-electron chi connectivity index (χ4n) is 2.71. The monoisotopic (exact) mass is 350 g/mol. The van der Waals surface area contributed by atoms with Gasteiger partial charge in [0.1, 0.15) is 0 Å². The number of nitrogens with two attached hydrogens (primary N) is 1. The molecule has 1 amide bonds. The standard InChI is InChI=1S/C18H26N4O.ClH/c1-13-8-5-6-9-17(13)22-15(3)16(14(2)20-22)12-21(4)18(23)10-7-11-19;/h5-6,8-9H,7,10-12,19H2,1-4H3;1H. The highest BCUT2D eigenvalue weighted by Crippen LogP contribution is 2.21. The molecule has 2 aromatic rings. The molecule has 2 N–H and O–H groups in total. The number of benzene rings is 1. The molecule has 0 aliphatic heterocycles. The molecule has 0 spiro atoms. The summed E-state index contributed by atoms with van der Waals surface area (Å²) in [5.41, 5.74) is 10.9. The SMILES string of the molecule is Cc1ccccc1-n1nc(C)c(CN(C)C(=O)CCCN)c1C.Cl. The van der Waals surface area contributed by atoms with E-state index < -0.39 is 0 Å². The third-order valence-electron chi connectivity index (χ3n) is 4.20. The highest BCUT2D eigenvalue weighted by molar-refractivity contribution is 5.85. The van der Waals surface area contributed by atoms with Crippen LogP contribution in [-0.4, -0.2) is 34.2 Å². The second-order valence-corrected chi connectivity index (χ2v) is 5.99. The van der Waals surface area contributed by atoms with Crippen LogP contribution < -0.4 is 5.73 Å². The molecule has 24 heavy (non-hydrogen) atoms. The number of aromatic nitrogens is 2. The Labute approximate surface area is 150 Å². The Bertz CT molecular complexity index is 696. The van der Waals surface area contributed by atoms with Gasteiger partial charge in [0, 0.05) is 31.3 Å². The van der Waals surface area contributed by atoms with E-state index in [1.54, 1.807) is 4.90 Å². The lowest BCUT2D eigenvalue weighted by Gasteiger charge is -2.17. The van der Waals surface area contributed by atoms with Crippen LogP contribution in [0.2, 0.25) is 0 Å². The van der Waals surface area contributed by atoms with Crippen LogP contribution in [0.25, 0.3) is 5.69 Å². The lowest BCUT2D eigenvalue weighted by molar-refractivity contribution is -0.130. The van der Waals surface area contributed by atoms with Crippen LogP contribution in [-0.2, 0) is 11.3 Å². The van der Waals surface area contributed by atoms with Crippen LogP contribution in [0, 0.1) is 20.8 Å². The Balaban J connectivity index is 0.00000288. The molecular formula is C18H27ClN4O. The Morgan fingerprint density at radius 3 is 2.54 bits per heavy atom. The number of amides is 1. The van der Waals surface area contributed by atoms with E-state index in [0.29, 0.717) is 19.5 Å². The molecule has 0 radical (unpaired) electrons. The fourth-order valence-corrected chi connectivity index (χ4v) is 2.71. The predicted octanol–water partition coefficient (Wildman–Crippen LogP) is 2.92. The van der Waals surface area contributed by atoms with Gasteiger partial charge in [-0.05, 0) is 45.4 Å². The summed E-state index contributed by atoms with van der Waals surface area (Å²) in [7, 11) is 1.84. The first-order chi connectivity index (χ1) is 11.0. The molecule has 1 aromatic carbocycles. The summed E-state index contributed by atoms with van der Waals surface area (Å²) >= 11 is 0. The maximum absolute atomic E-state index is 12.1. The number of aryl methyl sites for hydroxylation is 2. The molecule has 2 rings (SSSR count). The first kappa shape index (κ1) is 20.2. The Morgan fingerprint density at radius 2 is 1.92 bits per heavy atom. The first-order valence-corrected chi connectivity index (χ1v) is 8.00. The maximum Gasteiger partial charge on any atom is 0.222 e. The number of hydrogen-bond donors (Lipinski definition) is 1. The van der Waals surface area contributed by atoms with E-state index in [9.17, 15) is 4.79 Å². The van der Waals surface area contributed by atoms with Crippen molar-refractivity contribution in [1.29, 1.82) is 0 Å². The number of rotatable bonds is 6. The summed E-state index contributed by atoms with van der Waals surface area (Å²) in [5, 5.41) is 4.67. The summed E-state index contributed by atoms with van der Waals surface area (Å²) in [5.74, 6) is 0.123. The summed E-state index contributed by atoms with van der Waals surface area (Å²) < 4.78 is 1.97. The molecule has 0 unspecified atom stereocenters. The highest BCUT2D eigenvalue weighted by Gasteiger charge is 2.17. The number of para-hydroxylation sites is 1. The molecule has 5 nitrogen and oxygen atoms in total. The van der Waals surface area contributed by atoms with Gasteiger partial charge in [-0.1, -0.05) is 18.2 Å². The van der Waals surface area contributed by atoms with Crippen LogP contribution >= 0.6 is 12.4 Å². The fraction of sp³-hybridized carbons (Fsp3) is 0.444. The van der Waals surface area contributed by atoms with Gasteiger partial charge >= 0.3 is 0 Å². The van der Waals surface area contributed by atoms with Gasteiger partial charge < -0.3 is 10.6 Å². The molecule has 0 aliphatic carbocycles. The van der Waals surface area contributed by atoms with Crippen LogP contribution in [0.15, 0.2) is 24.3 Å². The van der Waals surface area contributed by atoms with E-state index in [0.717, 1.165) is 29.1 Å². The van der Waals surface area contributed by atoms with Gasteiger partial charge in [-0.3, -0.25) is 4.79 Å². The quantitative estimate of drug-likeness (QED) is 0.871. The van der Waals surface area contributed by atoms with Crippen molar-refractivity contribution < 1.29 is 4.79 Å². The highest BCUT2D eigenvalue weighted by atomic mass is 35.5. The zero-order chi connectivity index (χ0) is 17.0. The number of hydrogen-bond acceptors (Lipinski definition) is 3. The lowest BCUT2D eigenvalue weighted by Crippen LogP contribution is -2.27. The molecule has 6 heteroatoms. The van der Waals surface area contributed by atoms with Gasteiger partial charge in [0.15, 0.2) is 0 Å². The third kappa shape index (κ3) is 4.36. The van der Waals surface area contributed by atoms with Crippen LogP contribution in [0.3, 0.4) is 0 Å². The van der Waals surface area contributed by atoms with Crippen molar-refractivity contribution in [3.05, 3.63) is 46.8 Å². The summed E-state index contributed by atoms with van der Waals surface area (Å²) in [6.07, 6.45) is 1.22. The van der Waals surface area contributed by atoms with E-state index in [2.05, 4.69) is 31.1 Å². The minimum absolute atomic E-state index is 0. The van der Waals surface area contributed by atoms with Gasteiger partial charge in [-0.15, -0.1) is 12.4 Å². The average molecular weight is 351 g/mol. The normalized spacial score (nSPS) is 10.4. The molecule has 0 atom stereocenters. The lowest BCUT2D eigenvalue weighted by atomic mass is 10.1. The summed E-state index contributed by atoms with van der Waals surface area (Å²) in [4.78, 5) is 13.9. The molecule has 0 bridgehead atoms. The van der Waals surface area contributed by atoms with E-state index in [4.69, 9.17) is 5.73 Å². The predicted molar refractivity (Wildman–Crippen MR) is 99.8 cm³/mol. The number of carbonyl (C=O) groups is 1. The minimum atomic E-state index is 0. The van der Waals surface area contributed by atoms with E-state index in [-0.39, 0.29) is 18.3 Å². The van der Waals surface area contributed by atoms with Gasteiger partial charge in [-0.25, -0.2) is 4.68 Å². The zero-order valence-electron chi connectivity index (χ0n) is 14.9. The maximum atomic E-state index is 12.1. The smallest absolute Gasteiger partial charge is 0.222 e. The van der Waals surface area contributed by atoms with Crippen molar-refractivity contribution in [2.75, 3.05) is 13.6 Å². The van der Waals surface area contributed by atoms with Crippen molar-refractivity contribution in [2.24, 2.45) is 5.73 Å². The Kier molecular flexibility index (Phi) is 7.45. The zero-order valence-corrected chi connectivity index (χ0v) is 15.7. The van der Waals surface area contributed by atoms with E-state index in [1.807, 2.05) is 30.8 Å². The van der Waals surface area contributed by atoms with Gasteiger partial charge in [-0.2, -0.15) is 5.10 Å². The molecule has 0 saturated heterocycles. The van der Waals surface area contributed by atoms with E-state index in [1.165, 1.54) is 5.56 Å². The van der Waals surface area contributed by atoms with E-state index >= 15 is 0 Å². The molecule has 132 valence electrons. The topological polar surface area (TPSA) is 64.2 Å². The number of halogens is 1. The summed E-state index contributed by atoms with van der Waals surface area (Å²) in [6, 6.07) is 8.18. The van der Waals surface area contributed by atoms with Gasteiger partial charge in [0.05, 0.1) is 11.4 Å². The molecule has 0 saturated carbocycles. The van der Waals surface area contributed by atoms with Crippen molar-refractivity contribution in [3.63, 3.8) is 0 Å². The van der Waals surface area contributed by atoms with Crippen LogP contribution in [0.5, 0.6) is 0 Å². The Morgan fingerprint density at radius 1 is 1.25 bits per heavy atom. The van der Waals surface area contributed by atoms with Crippen LogP contribution in [0.4, 0.5) is 0 Å². The largest absolute Gasteiger partial charge is 0.341 e. The average Bonchev–Trinajstić information content (AvgIpc) is 2.81. The van der Waals surface area contributed by atoms with Crippen molar-refractivity contribution in [2.45, 2.75) is 40.2 Å². The van der Waals surface area contributed by atoms with Crippen molar-refractivity contribution >= 4 is 18.3 Å². The van der Waals surface area contributed by atoms with Crippen molar-refractivity contribution in [3.8, 4) is 5.69 Å². The summed E-state index contributed by atoms with van der Waals surface area (Å²) in [6.45, 7) is 7.25. The van der Waals surface area contributed by atoms with Crippen molar-refractivity contribution in [1.82, 2.24) is 14.7 Å². The molecular weight excluding hydrogens is 324 g/mol. The number of carbonyl (C=O) groups excluding carboxylic acids is 1. The molecule has 0 fully saturated rings. The van der Waals surface area contributed by atoms with Crippen LogP contribution in [0.1, 0.15) is 35.4 Å². The number of nitrogens with zero attached hydrogens (tertiary/aromatic N) is 3. The second kappa shape index (κ2) is 8.85. The Hall–Kier alpha value is -1.85. The first-order valence-electron chi connectivity index (χ1n) is 8.00. The molecule has 0 aliphatic rings. The van der Waals surface area contributed by atoms with Gasteiger partial charge in [0.25, 0.3) is 0 Å². The third-order valence-corrected chi connectivity index (χ3v) is 4.20.